The molecule has 2 aromatic heterocycles. The molecule has 8 heteroatoms. The molecule has 1 atom stereocenters. The third-order valence-corrected chi connectivity index (χ3v) is 6.18. The molecule has 0 radical (unpaired) electrons. The van der Waals surface area contributed by atoms with Crippen LogP contribution in [0.3, 0.4) is 0 Å². The molecule has 0 aliphatic carbocycles. The van der Waals surface area contributed by atoms with Gasteiger partial charge in [0, 0.05) is 17.6 Å². The highest BCUT2D eigenvalue weighted by Crippen LogP contribution is 2.35. The van der Waals surface area contributed by atoms with Gasteiger partial charge in [0.1, 0.15) is 5.69 Å². The number of benzene rings is 1. The maximum absolute atomic E-state index is 12.7. The molecule has 0 spiro atoms. The van der Waals surface area contributed by atoms with Crippen molar-refractivity contribution in [2.45, 2.75) is 32.4 Å². The zero-order valence-electron chi connectivity index (χ0n) is 18.1. The van der Waals surface area contributed by atoms with Crippen LogP contribution < -0.4 is 16.4 Å². The second-order valence-electron chi connectivity index (χ2n) is 7.97. The largest absolute Gasteiger partial charge is 0.379 e. The number of anilines is 2. The molecular weight excluding hydrogens is 420 g/mol. The molecule has 1 aliphatic rings. The standard InChI is InChI=1S/C24H26N6OS/c1-16-6-7-19(26-13-16)14-27-20-8-9-21(28-15-20)22(31)29-18-5-3-4-17(12-18)24(2)10-11-32-23(25)30-24/h3-9,12-13,15,27H,10-11,14H2,1-2H3,(H2,25,30)(H,29,31). The lowest BCUT2D eigenvalue weighted by Gasteiger charge is -2.30. The summed E-state index contributed by atoms with van der Waals surface area (Å²) in [7, 11) is 0. The number of amides is 1. The van der Waals surface area contributed by atoms with E-state index >= 15 is 0 Å². The Morgan fingerprint density at radius 1 is 1.12 bits per heavy atom. The van der Waals surface area contributed by atoms with E-state index in [1.807, 2.05) is 55.6 Å². The van der Waals surface area contributed by atoms with Gasteiger partial charge in [0.25, 0.3) is 5.91 Å². The van der Waals surface area contributed by atoms with Crippen molar-refractivity contribution in [3.63, 3.8) is 0 Å². The molecule has 3 aromatic rings. The molecule has 4 rings (SSSR count). The summed E-state index contributed by atoms with van der Waals surface area (Å²) in [6.45, 7) is 4.66. The van der Waals surface area contributed by atoms with Crippen LogP contribution in [0.2, 0.25) is 0 Å². The minimum Gasteiger partial charge on any atom is -0.379 e. The first kappa shape index (κ1) is 21.8. The van der Waals surface area contributed by atoms with Gasteiger partial charge in [-0.1, -0.05) is 30.0 Å². The average Bonchev–Trinajstić information content (AvgIpc) is 2.79. The number of aliphatic imine (C=N–C) groups is 1. The van der Waals surface area contributed by atoms with Crippen LogP contribution in [0.4, 0.5) is 11.4 Å². The number of hydrogen-bond acceptors (Lipinski definition) is 7. The molecule has 32 heavy (non-hydrogen) atoms. The van der Waals surface area contributed by atoms with Crippen LogP contribution >= 0.6 is 11.8 Å². The maximum atomic E-state index is 12.7. The summed E-state index contributed by atoms with van der Waals surface area (Å²) in [5.41, 5.74) is 10.5. The number of aromatic nitrogens is 2. The number of pyridine rings is 2. The minimum absolute atomic E-state index is 0.263. The van der Waals surface area contributed by atoms with Crippen molar-refractivity contribution in [1.29, 1.82) is 0 Å². The van der Waals surface area contributed by atoms with Gasteiger partial charge in [-0.05, 0) is 61.7 Å². The number of aryl methyl sites for hydroxylation is 1. The number of rotatable bonds is 6. The van der Waals surface area contributed by atoms with E-state index in [0.717, 1.165) is 34.7 Å². The number of thioether (sulfide) groups is 1. The van der Waals surface area contributed by atoms with Crippen LogP contribution in [-0.2, 0) is 12.1 Å². The fourth-order valence-corrected chi connectivity index (χ4v) is 4.42. The number of amidine groups is 1. The van der Waals surface area contributed by atoms with Crippen molar-refractivity contribution in [2.75, 3.05) is 16.4 Å². The Hall–Kier alpha value is -3.39. The first-order valence-corrected chi connectivity index (χ1v) is 11.4. The molecule has 4 N–H and O–H groups in total. The molecule has 1 aromatic carbocycles. The highest BCUT2D eigenvalue weighted by molar-refractivity contribution is 8.13. The van der Waals surface area contributed by atoms with E-state index < -0.39 is 0 Å². The zero-order valence-corrected chi connectivity index (χ0v) is 18.9. The molecular formula is C24H26N6OS. The lowest BCUT2D eigenvalue weighted by atomic mass is 9.89. The van der Waals surface area contributed by atoms with Crippen molar-refractivity contribution in [1.82, 2.24) is 9.97 Å². The maximum Gasteiger partial charge on any atom is 0.274 e. The van der Waals surface area contributed by atoms with Crippen molar-refractivity contribution in [3.8, 4) is 0 Å². The van der Waals surface area contributed by atoms with Crippen molar-refractivity contribution in [2.24, 2.45) is 10.7 Å². The SMILES string of the molecule is Cc1ccc(CNc2ccc(C(=O)Nc3cccc(C4(C)CCSC(N)=N4)c3)nc2)nc1. The van der Waals surface area contributed by atoms with Crippen LogP contribution in [-0.4, -0.2) is 26.8 Å². The first-order chi connectivity index (χ1) is 15.4. The lowest BCUT2D eigenvalue weighted by Crippen LogP contribution is -2.28. The van der Waals surface area contributed by atoms with E-state index in [4.69, 9.17) is 5.73 Å². The molecule has 1 aliphatic heterocycles. The van der Waals surface area contributed by atoms with Gasteiger partial charge in [0.2, 0.25) is 0 Å². The van der Waals surface area contributed by atoms with E-state index in [1.54, 1.807) is 24.0 Å². The van der Waals surface area contributed by atoms with Gasteiger partial charge in [-0.3, -0.25) is 14.8 Å². The number of nitrogens with one attached hydrogen (secondary N) is 2. The van der Waals surface area contributed by atoms with Gasteiger partial charge in [0.15, 0.2) is 5.17 Å². The molecule has 3 heterocycles. The second-order valence-corrected chi connectivity index (χ2v) is 9.09. The zero-order chi connectivity index (χ0) is 22.6. The monoisotopic (exact) mass is 446 g/mol. The Labute approximate surface area is 192 Å². The first-order valence-electron chi connectivity index (χ1n) is 10.4. The van der Waals surface area contributed by atoms with Crippen LogP contribution in [0.1, 0.15) is 40.7 Å². The third kappa shape index (κ3) is 5.26. The Morgan fingerprint density at radius 3 is 2.72 bits per heavy atom. The van der Waals surface area contributed by atoms with Crippen LogP contribution in [0.25, 0.3) is 0 Å². The quantitative estimate of drug-likeness (QED) is 0.521. The van der Waals surface area contributed by atoms with Gasteiger partial charge in [-0.15, -0.1) is 0 Å². The molecule has 0 saturated carbocycles. The summed E-state index contributed by atoms with van der Waals surface area (Å²) in [6.07, 6.45) is 4.38. The molecule has 1 unspecified atom stereocenters. The Balaban J connectivity index is 1.40. The number of carbonyl (C=O) groups excluding carboxylic acids is 1. The Kier molecular flexibility index (Phi) is 6.41. The Morgan fingerprint density at radius 2 is 2.00 bits per heavy atom. The van der Waals surface area contributed by atoms with E-state index in [0.29, 0.717) is 23.1 Å². The summed E-state index contributed by atoms with van der Waals surface area (Å²) >= 11 is 1.57. The predicted octanol–water partition coefficient (Wildman–Crippen LogP) is 4.32. The Bertz CT molecular complexity index is 1130. The van der Waals surface area contributed by atoms with Gasteiger partial charge in [0.05, 0.1) is 29.7 Å². The summed E-state index contributed by atoms with van der Waals surface area (Å²) in [4.78, 5) is 26.0. The van der Waals surface area contributed by atoms with Gasteiger partial charge >= 0.3 is 0 Å². The van der Waals surface area contributed by atoms with E-state index in [-0.39, 0.29) is 11.4 Å². The van der Waals surface area contributed by atoms with Crippen molar-refractivity contribution < 1.29 is 4.79 Å². The van der Waals surface area contributed by atoms with Crippen LogP contribution in [0, 0.1) is 6.92 Å². The molecule has 1 amide bonds. The average molecular weight is 447 g/mol. The summed E-state index contributed by atoms with van der Waals surface area (Å²) < 4.78 is 0. The molecule has 7 nitrogen and oxygen atoms in total. The normalized spacial score (nSPS) is 18.0. The van der Waals surface area contributed by atoms with Gasteiger partial charge < -0.3 is 16.4 Å². The van der Waals surface area contributed by atoms with Crippen LogP contribution in [0.5, 0.6) is 0 Å². The van der Waals surface area contributed by atoms with Crippen LogP contribution in [0.15, 0.2) is 65.9 Å². The third-order valence-electron chi connectivity index (χ3n) is 5.38. The van der Waals surface area contributed by atoms with Crippen molar-refractivity contribution in [3.05, 3.63) is 83.4 Å². The number of hydrogen-bond donors (Lipinski definition) is 3. The summed E-state index contributed by atoms with van der Waals surface area (Å²) in [6, 6.07) is 15.3. The molecule has 0 saturated heterocycles. The van der Waals surface area contributed by atoms with E-state index in [2.05, 4.69) is 32.5 Å². The molecule has 0 bridgehead atoms. The second kappa shape index (κ2) is 9.40. The highest BCUT2D eigenvalue weighted by Gasteiger charge is 2.29. The molecule has 164 valence electrons. The molecule has 0 fully saturated rings. The minimum atomic E-state index is -0.381. The highest BCUT2D eigenvalue weighted by atomic mass is 32.2. The summed E-state index contributed by atoms with van der Waals surface area (Å²) in [5.74, 6) is 0.661. The number of nitrogens with two attached hydrogens (primary N) is 1. The summed E-state index contributed by atoms with van der Waals surface area (Å²) in [5, 5.41) is 6.80. The topological polar surface area (TPSA) is 105 Å². The fraction of sp³-hybridized carbons (Fsp3) is 0.250. The smallest absolute Gasteiger partial charge is 0.274 e. The van der Waals surface area contributed by atoms with E-state index in [1.165, 1.54) is 0 Å². The fourth-order valence-electron chi connectivity index (χ4n) is 3.45. The van der Waals surface area contributed by atoms with E-state index in [9.17, 15) is 4.79 Å². The van der Waals surface area contributed by atoms with Gasteiger partial charge in [-0.2, -0.15) is 0 Å². The van der Waals surface area contributed by atoms with Gasteiger partial charge in [-0.25, -0.2) is 4.98 Å². The number of carbonyl (C=O) groups is 1. The van der Waals surface area contributed by atoms with Crippen molar-refractivity contribution >= 4 is 34.2 Å². The lowest BCUT2D eigenvalue weighted by molar-refractivity contribution is 0.102. The number of nitrogens with zero attached hydrogens (tertiary/aromatic N) is 3. The predicted molar refractivity (Wildman–Crippen MR) is 131 cm³/mol.